The quantitative estimate of drug-likeness (QED) is 0.0271. The molecule has 3 saturated heterocycles. The van der Waals surface area contributed by atoms with Gasteiger partial charge in [-0.15, -0.1) is 10.2 Å². The van der Waals surface area contributed by atoms with E-state index in [4.69, 9.17) is 15.2 Å². The Morgan fingerprint density at radius 1 is 0.770 bits per heavy atom. The third-order valence-electron chi connectivity index (χ3n) is 15.9. The largest absolute Gasteiger partial charge is 0.504 e. The summed E-state index contributed by atoms with van der Waals surface area (Å²) < 4.78 is 9.30. The molecule has 1 aromatic heterocycles. The normalized spacial score (nSPS) is 26.7. The maximum Gasteiger partial charge on any atom is 0.261 e. The lowest BCUT2D eigenvalue weighted by Gasteiger charge is -2.33. The monoisotopic (exact) mass is 1250 g/mol. The molecule has 29 nitrogen and oxygen atoms in total. The maximum absolute atomic E-state index is 14.7. The summed E-state index contributed by atoms with van der Waals surface area (Å²) in [4.78, 5) is 115. The van der Waals surface area contributed by atoms with Crippen LogP contribution in [0.5, 0.6) is 11.5 Å². The summed E-state index contributed by atoms with van der Waals surface area (Å²) in [6.45, 7) is 0.892. The van der Waals surface area contributed by atoms with Crippen molar-refractivity contribution in [1.29, 1.82) is 0 Å². The molecule has 4 aromatic rings. The van der Waals surface area contributed by atoms with Crippen molar-refractivity contribution < 1.29 is 92.9 Å². The predicted molar refractivity (Wildman–Crippen MR) is 306 cm³/mol. The number of aromatic hydroxyl groups is 1. The van der Waals surface area contributed by atoms with Crippen molar-refractivity contribution in [2.24, 2.45) is 11.7 Å². The smallest absolute Gasteiger partial charge is 0.261 e. The van der Waals surface area contributed by atoms with Gasteiger partial charge in [0.1, 0.15) is 46.3 Å². The molecular formula is C56H70N10O19S2. The lowest BCUT2D eigenvalue weighted by molar-refractivity contribution is -0.433. The molecule has 31 heteroatoms. The van der Waals surface area contributed by atoms with Gasteiger partial charge in [0, 0.05) is 61.5 Å². The molecule has 12 unspecified atom stereocenters. The average Bonchev–Trinajstić information content (AvgIpc) is 2.30. The van der Waals surface area contributed by atoms with Crippen molar-refractivity contribution in [1.82, 2.24) is 46.6 Å². The van der Waals surface area contributed by atoms with E-state index in [1.165, 1.54) is 61.3 Å². The molecule has 1 saturated carbocycles. The van der Waals surface area contributed by atoms with Crippen LogP contribution in [0.1, 0.15) is 92.6 Å². The predicted octanol–water partition coefficient (Wildman–Crippen LogP) is -1.19. The van der Waals surface area contributed by atoms with Crippen LogP contribution in [0, 0.1) is 5.92 Å². The number of phenols is 1. The molecule has 15 N–H and O–H groups in total. The van der Waals surface area contributed by atoms with Crippen LogP contribution in [-0.4, -0.2) is 201 Å². The molecule has 4 fully saturated rings. The molecule has 3 aromatic carbocycles. The Hall–Kier alpha value is -7.43. The van der Waals surface area contributed by atoms with Gasteiger partial charge in [0.05, 0.1) is 43.0 Å². The molecule has 1 aliphatic carbocycles. The summed E-state index contributed by atoms with van der Waals surface area (Å²) in [5.41, 5.74) is 8.31. The molecule has 4 heterocycles. The van der Waals surface area contributed by atoms with Crippen LogP contribution >= 0.6 is 23.7 Å². The fourth-order valence-corrected chi connectivity index (χ4v) is 12.3. The van der Waals surface area contributed by atoms with E-state index in [2.05, 4.69) is 58.3 Å². The number of aromatic nitrogens is 2. The number of phenolic OH excluding ortho intramolecular Hbond substituents is 1. The van der Waals surface area contributed by atoms with E-state index in [1.54, 1.807) is 12.1 Å². The van der Waals surface area contributed by atoms with Crippen LogP contribution in [-0.2, 0) is 49.4 Å². The summed E-state index contributed by atoms with van der Waals surface area (Å²) in [5, 5.41) is 113. The van der Waals surface area contributed by atoms with Crippen molar-refractivity contribution in [3.8, 4) is 32.6 Å². The summed E-state index contributed by atoms with van der Waals surface area (Å²) in [5.74, 6) is -10.5. The van der Waals surface area contributed by atoms with E-state index in [-0.39, 0.29) is 29.2 Å². The van der Waals surface area contributed by atoms with Crippen molar-refractivity contribution in [2.75, 3.05) is 19.6 Å². The Morgan fingerprint density at radius 3 is 2.05 bits per heavy atom. The van der Waals surface area contributed by atoms with Gasteiger partial charge in [0.25, 0.3) is 18.2 Å². The number of amides is 8. The summed E-state index contributed by atoms with van der Waals surface area (Å²) >= 11 is 1.40. The summed E-state index contributed by atoms with van der Waals surface area (Å²) in [6.07, 6.45) is -7.56. The number of aliphatic hydroxyl groups excluding tert-OH is 6. The minimum absolute atomic E-state index is 0.0216. The lowest BCUT2D eigenvalue weighted by Crippen LogP contribution is -2.64. The standard InChI is InChI=1S/C56H70N10O19S2/c1-26-24-66-46(47(26)74)52(79)58-23-34(68)20-36(59-48(75)31-11-15-33(16-12-31)54-64-63-53(86-54)32-13-9-30(10-14-32)29-6-4-3-5-7-29)49(76)60-43(27(2)67)55(80)65-25-35(69)21-37(65)50(77)61-44(51(78)62-45(56(66)81)40(72)22-42(57)73)39(71)18-28-8-17-38(70)41(19-28)83-87-85-84-82/h8-17,19,26-27,29,34-37,39-40,43-47,67-72,74,82H,3-7,18,20-25H2,1-2H3,(H2,57,73)(H,58,79)(H,59,75)(H,60,76)(H,61,77)(H,62,78)/t26?,27?,34?,35?,36-,37?,39?,40?,43?,44?,45?,46?,47?/m0/s1. The van der Waals surface area contributed by atoms with Crippen LogP contribution in [0.3, 0.4) is 0 Å². The van der Waals surface area contributed by atoms with Crippen LogP contribution in [0.25, 0.3) is 21.1 Å². The van der Waals surface area contributed by atoms with Gasteiger partial charge in [-0.1, -0.05) is 89.4 Å². The van der Waals surface area contributed by atoms with Crippen molar-refractivity contribution in [3.63, 3.8) is 0 Å². The second kappa shape index (κ2) is 29.5. The van der Waals surface area contributed by atoms with Crippen LogP contribution in [0.4, 0.5) is 0 Å². The Labute approximate surface area is 506 Å². The summed E-state index contributed by atoms with van der Waals surface area (Å²) in [7, 11) is 0. The highest BCUT2D eigenvalue weighted by molar-refractivity contribution is 7.90. The number of carbonyl (C=O) groups excluding carboxylic acids is 8. The first-order valence-corrected chi connectivity index (χ1v) is 29.6. The molecule has 0 spiro atoms. The Bertz CT molecular complexity index is 3120. The second-order valence-corrected chi connectivity index (χ2v) is 23.6. The number of rotatable bonds is 16. The number of primary amides is 1. The molecule has 87 heavy (non-hydrogen) atoms. The molecule has 13 atom stereocenters. The lowest BCUT2D eigenvalue weighted by atomic mass is 9.84. The van der Waals surface area contributed by atoms with E-state index in [9.17, 15) is 74.1 Å². The third kappa shape index (κ3) is 16.2. The van der Waals surface area contributed by atoms with Gasteiger partial charge < -0.3 is 82.0 Å². The van der Waals surface area contributed by atoms with Crippen LogP contribution in [0.15, 0.2) is 66.7 Å². The number of nitrogens with zero attached hydrogens (tertiary/aromatic N) is 4. The minimum atomic E-state index is -2.21. The maximum atomic E-state index is 14.7. The van der Waals surface area contributed by atoms with Crippen molar-refractivity contribution in [2.45, 2.75) is 150 Å². The van der Waals surface area contributed by atoms with Gasteiger partial charge in [0.2, 0.25) is 41.4 Å². The average molecular weight is 1250 g/mol. The van der Waals surface area contributed by atoms with Gasteiger partial charge in [-0.25, -0.2) is 5.26 Å². The number of aliphatic hydroxyl groups is 6. The van der Waals surface area contributed by atoms with Gasteiger partial charge in [0.15, 0.2) is 11.5 Å². The first-order valence-electron chi connectivity index (χ1n) is 28.2. The third-order valence-corrected chi connectivity index (χ3v) is 17.2. The molecule has 3 aliphatic heterocycles. The molecule has 0 bridgehead atoms. The number of benzene rings is 3. The fraction of sp³-hybridized carbons (Fsp3) is 0.500. The van der Waals surface area contributed by atoms with Crippen LogP contribution < -0.4 is 36.5 Å². The highest BCUT2D eigenvalue weighted by Crippen LogP contribution is 2.36. The van der Waals surface area contributed by atoms with Gasteiger partial charge >= 0.3 is 0 Å². The Morgan fingerprint density at radius 2 is 1.40 bits per heavy atom. The van der Waals surface area contributed by atoms with E-state index in [0.717, 1.165) is 47.3 Å². The number of hydrogen-bond donors (Lipinski definition) is 14. The SMILES string of the molecule is CC(O)C1NC(=O)[C@@H](NC(=O)c2ccc(-c3nnc(-c4ccc(C5CCCCC5)cc4)s3)cc2)CC(O)CNC(=O)C2C(O)C(C)CN2C(=O)C(C(O)CC(N)=O)NC(=O)C(C(O)Cc2ccc(O)c(OSOOO)c2)NC(=O)C2CC(O)CN2C1=O. The summed E-state index contributed by atoms with van der Waals surface area (Å²) in [6, 6.07) is 6.32. The Balaban J connectivity index is 1.09. The number of nitrogens with one attached hydrogen (secondary N) is 5. The van der Waals surface area contributed by atoms with Crippen LogP contribution in [0.2, 0.25) is 0 Å². The number of nitrogens with two attached hydrogens (primary N) is 1. The van der Waals surface area contributed by atoms with Crippen molar-refractivity contribution >= 4 is 70.9 Å². The zero-order chi connectivity index (χ0) is 62.8. The zero-order valence-electron chi connectivity index (χ0n) is 47.2. The topological polar surface area (TPSA) is 445 Å². The molecule has 4 aliphatic rings. The first-order chi connectivity index (χ1) is 41.5. The van der Waals surface area contributed by atoms with E-state index in [0.29, 0.717) is 21.5 Å². The molecular weight excluding hydrogens is 1180 g/mol. The van der Waals surface area contributed by atoms with E-state index < -0.39 is 177 Å². The van der Waals surface area contributed by atoms with Gasteiger partial charge in [-0.05, 0) is 61.1 Å². The molecule has 8 amide bonds. The van der Waals surface area contributed by atoms with Crippen molar-refractivity contribution in [3.05, 3.63) is 83.4 Å². The number of hydrogen-bond acceptors (Lipinski definition) is 23. The van der Waals surface area contributed by atoms with E-state index >= 15 is 0 Å². The fourth-order valence-electron chi connectivity index (χ4n) is 11.2. The first kappa shape index (κ1) is 65.5. The number of fused-ring (bicyclic) bond motifs is 2. The highest BCUT2D eigenvalue weighted by Gasteiger charge is 2.50. The molecule has 470 valence electrons. The second-order valence-electron chi connectivity index (χ2n) is 22.2. The van der Waals surface area contributed by atoms with Gasteiger partial charge in [-0.2, -0.15) is 0 Å². The molecule has 8 rings (SSSR count). The number of carbonyl (C=O) groups is 8. The van der Waals surface area contributed by atoms with E-state index in [1.807, 2.05) is 12.1 Å². The Kier molecular flexibility index (Phi) is 22.2. The van der Waals surface area contributed by atoms with Gasteiger partial charge in [-0.3, -0.25) is 38.4 Å². The zero-order valence-corrected chi connectivity index (χ0v) is 48.8. The minimum Gasteiger partial charge on any atom is -0.504 e. The molecule has 0 radical (unpaired) electrons. The number of β-amino-alcohol motifs (C(OH)–C–C–N with tert-alkyl or cyclic N) is 1. The highest BCUT2D eigenvalue weighted by atomic mass is 32.2.